The molecule has 0 saturated carbocycles. The normalized spacial score (nSPS) is 11.4. The van der Waals surface area contributed by atoms with Gasteiger partial charge < -0.3 is 19.4 Å². The predicted molar refractivity (Wildman–Crippen MR) is 175 cm³/mol. The van der Waals surface area contributed by atoms with Gasteiger partial charge in [-0.2, -0.15) is 0 Å². The van der Waals surface area contributed by atoms with E-state index in [9.17, 15) is 9.59 Å². The molecule has 0 aliphatic rings. The third-order valence-electron chi connectivity index (χ3n) is 7.20. The summed E-state index contributed by atoms with van der Waals surface area (Å²) in [4.78, 5) is 26.9. The molecule has 6 heteroatoms. The molecule has 0 aliphatic heterocycles. The van der Waals surface area contributed by atoms with Crippen LogP contribution in [0.15, 0.2) is 76.6 Å². The van der Waals surface area contributed by atoms with Crippen LogP contribution in [-0.2, 0) is 6.54 Å². The Labute approximate surface area is 251 Å². The van der Waals surface area contributed by atoms with Crippen molar-refractivity contribution in [1.82, 2.24) is 4.57 Å². The van der Waals surface area contributed by atoms with Crippen molar-refractivity contribution in [3.05, 3.63) is 87.7 Å². The highest BCUT2D eigenvalue weighted by Crippen LogP contribution is 2.35. The van der Waals surface area contributed by atoms with Gasteiger partial charge in [-0.1, -0.05) is 75.0 Å². The van der Waals surface area contributed by atoms with E-state index in [4.69, 9.17) is 9.47 Å². The number of hydrogen-bond donors (Lipinski definition) is 1. The highest BCUT2D eigenvalue weighted by atomic mass is 16.5. The second-order valence-corrected chi connectivity index (χ2v) is 11.1. The Morgan fingerprint density at radius 1 is 0.881 bits per heavy atom. The summed E-state index contributed by atoms with van der Waals surface area (Å²) in [5.41, 5.74) is 4.27. The molecule has 3 aromatic rings. The molecule has 0 fully saturated rings. The topological polar surface area (TPSA) is 69.6 Å². The third-order valence-corrected chi connectivity index (χ3v) is 7.20. The van der Waals surface area contributed by atoms with Gasteiger partial charge in [-0.05, 0) is 82.9 Å². The monoisotopic (exact) mass is 572 g/mol. The number of unbranched alkanes of at least 4 members (excludes halogenated alkanes) is 4. The maximum absolute atomic E-state index is 14.0. The fourth-order valence-corrected chi connectivity index (χ4v) is 4.73. The number of nitrogens with zero attached hydrogens (tertiary/aromatic N) is 1. The van der Waals surface area contributed by atoms with Crippen LogP contribution < -0.4 is 20.3 Å². The van der Waals surface area contributed by atoms with Crippen molar-refractivity contribution in [2.75, 3.05) is 18.5 Å². The number of fused-ring (bicyclic) bond motifs is 1. The molecule has 0 atom stereocenters. The number of amides is 1. The number of allylic oxidation sites excluding steroid dienone is 3. The van der Waals surface area contributed by atoms with Crippen LogP contribution in [0.1, 0.15) is 96.3 Å². The molecule has 0 saturated heterocycles. The first kappa shape index (κ1) is 32.7. The summed E-state index contributed by atoms with van der Waals surface area (Å²) >= 11 is 0. The lowest BCUT2D eigenvalue weighted by Gasteiger charge is -2.19. The minimum atomic E-state index is -0.201. The van der Waals surface area contributed by atoms with Crippen molar-refractivity contribution in [2.24, 2.45) is 0 Å². The minimum absolute atomic E-state index is 0.196. The lowest BCUT2D eigenvalue weighted by Crippen LogP contribution is -2.24. The van der Waals surface area contributed by atoms with Gasteiger partial charge in [-0.25, -0.2) is 0 Å². The summed E-state index contributed by atoms with van der Waals surface area (Å²) in [5.74, 6) is 0.534. The zero-order valence-electron chi connectivity index (χ0n) is 26.1. The molecule has 42 heavy (non-hydrogen) atoms. The van der Waals surface area contributed by atoms with Gasteiger partial charge in [0.2, 0.25) is 5.75 Å². The maximum atomic E-state index is 14.0. The van der Waals surface area contributed by atoms with Crippen molar-refractivity contribution >= 4 is 22.5 Å². The van der Waals surface area contributed by atoms with Crippen LogP contribution in [0.5, 0.6) is 11.5 Å². The van der Waals surface area contributed by atoms with E-state index in [2.05, 4.69) is 46.0 Å². The number of nitrogens with one attached hydrogen (secondary N) is 1. The van der Waals surface area contributed by atoms with Crippen LogP contribution in [0.4, 0.5) is 5.69 Å². The molecule has 1 amide bonds. The first-order valence-electron chi connectivity index (χ1n) is 15.5. The largest absolute Gasteiger partial charge is 0.489 e. The molecule has 1 heterocycles. The zero-order chi connectivity index (χ0) is 30.3. The van der Waals surface area contributed by atoms with Crippen LogP contribution in [0.3, 0.4) is 0 Å². The van der Waals surface area contributed by atoms with Gasteiger partial charge >= 0.3 is 0 Å². The molecule has 0 radical (unpaired) electrons. The van der Waals surface area contributed by atoms with Crippen molar-refractivity contribution in [3.8, 4) is 11.5 Å². The van der Waals surface area contributed by atoms with E-state index in [-0.39, 0.29) is 17.2 Å². The van der Waals surface area contributed by atoms with Crippen molar-refractivity contribution in [2.45, 2.75) is 92.5 Å². The van der Waals surface area contributed by atoms with Crippen molar-refractivity contribution in [3.63, 3.8) is 0 Å². The lowest BCUT2D eigenvalue weighted by molar-refractivity contribution is 0.102. The molecular weight excluding hydrogens is 524 g/mol. The quantitative estimate of drug-likeness (QED) is 0.129. The number of rotatable bonds is 17. The van der Waals surface area contributed by atoms with Gasteiger partial charge in [-0.15, -0.1) is 0 Å². The molecule has 226 valence electrons. The first-order valence-corrected chi connectivity index (χ1v) is 15.5. The lowest BCUT2D eigenvalue weighted by atomic mass is 10.1. The summed E-state index contributed by atoms with van der Waals surface area (Å²) in [6.07, 6.45) is 12.2. The predicted octanol–water partition coefficient (Wildman–Crippen LogP) is 9.08. The second kappa shape index (κ2) is 17.2. The molecule has 6 nitrogen and oxygen atoms in total. The van der Waals surface area contributed by atoms with E-state index in [1.54, 1.807) is 16.7 Å². The van der Waals surface area contributed by atoms with Crippen molar-refractivity contribution in [1.29, 1.82) is 0 Å². The Morgan fingerprint density at radius 2 is 1.64 bits per heavy atom. The van der Waals surface area contributed by atoms with E-state index in [1.807, 2.05) is 42.5 Å². The van der Waals surface area contributed by atoms with Crippen LogP contribution in [0.2, 0.25) is 0 Å². The molecule has 0 bridgehead atoms. The smallest absolute Gasteiger partial charge is 0.297 e. The maximum Gasteiger partial charge on any atom is 0.297 e. The van der Waals surface area contributed by atoms with Gasteiger partial charge in [0.05, 0.1) is 12.1 Å². The summed E-state index contributed by atoms with van der Waals surface area (Å²) in [6, 6.07) is 14.8. The highest BCUT2D eigenvalue weighted by molar-refractivity contribution is 6.05. The summed E-state index contributed by atoms with van der Waals surface area (Å²) in [5, 5.41) is 3.80. The number of aryl methyl sites for hydroxylation is 1. The number of ether oxygens (including phenoxy) is 2. The highest BCUT2D eigenvalue weighted by Gasteiger charge is 2.20. The van der Waals surface area contributed by atoms with Gasteiger partial charge in [0, 0.05) is 23.2 Å². The standard InChI is InChI=1S/C36H48N2O4/c1-6-8-10-14-23-38-32-26-30(37-35(39)29-18-12-11-13-19-29)20-21-31(32)33(41-24-9-7-2)34(36(38)40)42-25-22-28(5)17-15-16-27(3)4/h11-13,16,18-22,26H,6-10,14-15,17,23-25H2,1-5H3,(H,37,39)/b28-22+. The number of carbonyl (C=O) groups excluding carboxylic acids is 1. The molecule has 1 aromatic heterocycles. The fourth-order valence-electron chi connectivity index (χ4n) is 4.73. The van der Waals surface area contributed by atoms with Crippen LogP contribution in [0.25, 0.3) is 10.9 Å². The first-order chi connectivity index (χ1) is 20.3. The summed E-state index contributed by atoms with van der Waals surface area (Å²) in [7, 11) is 0. The number of carbonyl (C=O) groups is 1. The number of anilines is 1. The molecular formula is C36H48N2O4. The van der Waals surface area contributed by atoms with Gasteiger partial charge in [0.1, 0.15) is 6.61 Å². The second-order valence-electron chi connectivity index (χ2n) is 11.1. The van der Waals surface area contributed by atoms with Crippen LogP contribution >= 0.6 is 0 Å². The number of benzene rings is 2. The van der Waals surface area contributed by atoms with Gasteiger partial charge in [0.15, 0.2) is 5.75 Å². The minimum Gasteiger partial charge on any atom is -0.489 e. The average molecular weight is 573 g/mol. The Balaban J connectivity index is 2.02. The molecule has 3 rings (SSSR count). The third kappa shape index (κ3) is 9.64. The van der Waals surface area contributed by atoms with E-state index in [0.29, 0.717) is 36.8 Å². The van der Waals surface area contributed by atoms with Gasteiger partial charge in [0.25, 0.3) is 11.5 Å². The summed E-state index contributed by atoms with van der Waals surface area (Å²) < 4.78 is 14.2. The van der Waals surface area contributed by atoms with E-state index in [1.165, 1.54) is 11.1 Å². The SMILES string of the molecule is CCCCCCn1c(=O)c(OC/C=C(\C)CCC=C(C)C)c(OCCCC)c2ccc(NC(=O)c3ccccc3)cc21. The van der Waals surface area contributed by atoms with Crippen LogP contribution in [-0.4, -0.2) is 23.7 Å². The molecule has 2 aromatic carbocycles. The Morgan fingerprint density at radius 3 is 2.36 bits per heavy atom. The number of aromatic nitrogens is 1. The fraction of sp³-hybridized carbons (Fsp3) is 0.444. The Kier molecular flexibility index (Phi) is 13.4. The molecule has 0 aliphatic carbocycles. The Hall–Kier alpha value is -3.80. The number of hydrogen-bond acceptors (Lipinski definition) is 4. The Bertz CT molecular complexity index is 1420. The van der Waals surface area contributed by atoms with Crippen molar-refractivity contribution < 1.29 is 14.3 Å². The van der Waals surface area contributed by atoms with E-state index >= 15 is 0 Å². The molecule has 0 unspecified atom stereocenters. The van der Waals surface area contributed by atoms with E-state index < -0.39 is 0 Å². The molecule has 0 spiro atoms. The average Bonchev–Trinajstić information content (AvgIpc) is 2.98. The zero-order valence-corrected chi connectivity index (χ0v) is 26.1. The number of pyridine rings is 1. The molecule has 1 N–H and O–H groups in total. The summed E-state index contributed by atoms with van der Waals surface area (Å²) in [6.45, 7) is 11.9. The van der Waals surface area contributed by atoms with Gasteiger partial charge in [-0.3, -0.25) is 9.59 Å². The van der Waals surface area contributed by atoms with Crippen LogP contribution in [0, 0.1) is 0 Å². The van der Waals surface area contributed by atoms with E-state index in [0.717, 1.165) is 62.3 Å².